The van der Waals surface area contributed by atoms with Gasteiger partial charge in [-0.2, -0.15) is 0 Å². The number of hydrogen-bond donors (Lipinski definition) is 1. The summed E-state index contributed by atoms with van der Waals surface area (Å²) in [6.45, 7) is 5.13. The highest BCUT2D eigenvalue weighted by Crippen LogP contribution is 2.10. The first-order valence-corrected chi connectivity index (χ1v) is 6.82. The first-order valence-electron chi connectivity index (χ1n) is 6.82. The molecule has 1 N–H and O–H groups in total. The van der Waals surface area contributed by atoms with E-state index in [-0.39, 0.29) is 11.1 Å². The zero-order chi connectivity index (χ0) is 16.5. The molecule has 0 aliphatic carbocycles. The van der Waals surface area contributed by atoms with Gasteiger partial charge in [-0.3, -0.25) is 14.9 Å². The van der Waals surface area contributed by atoms with E-state index in [2.05, 4.69) is 5.32 Å². The van der Waals surface area contributed by atoms with E-state index in [1.54, 1.807) is 52.1 Å². The van der Waals surface area contributed by atoms with Gasteiger partial charge in [0.15, 0.2) is 5.43 Å². The Morgan fingerprint density at radius 3 is 2.45 bits per heavy atom. The van der Waals surface area contributed by atoms with E-state index in [9.17, 15) is 14.4 Å². The van der Waals surface area contributed by atoms with Crippen LogP contribution >= 0.6 is 0 Å². The number of aromatic nitrogens is 1. The highest BCUT2D eigenvalue weighted by molar-refractivity contribution is 5.86. The van der Waals surface area contributed by atoms with E-state index in [1.165, 1.54) is 4.57 Å². The third-order valence-corrected chi connectivity index (χ3v) is 2.98. The Balaban J connectivity index is 2.57. The average molecular weight is 302 g/mol. The average Bonchev–Trinajstić information content (AvgIpc) is 2.49. The van der Waals surface area contributed by atoms with Crippen molar-refractivity contribution < 1.29 is 9.53 Å². The van der Waals surface area contributed by atoms with E-state index >= 15 is 0 Å². The normalized spacial score (nSPS) is 11.3. The Morgan fingerprint density at radius 1 is 1.18 bits per heavy atom. The summed E-state index contributed by atoms with van der Waals surface area (Å²) in [5, 5.41) is 2.75. The lowest BCUT2D eigenvalue weighted by atomic mass is 10.2. The van der Waals surface area contributed by atoms with Gasteiger partial charge in [0.2, 0.25) is 0 Å². The van der Waals surface area contributed by atoms with Crippen molar-refractivity contribution in [1.82, 2.24) is 4.57 Å². The fraction of sp³-hybridized carbons (Fsp3) is 0.312. The van der Waals surface area contributed by atoms with Crippen LogP contribution in [-0.4, -0.2) is 16.3 Å². The molecule has 116 valence electrons. The summed E-state index contributed by atoms with van der Waals surface area (Å²) in [7, 11) is 1.55. The SMILES string of the molecule is Cn1c(=O)c(NC(=O)OC(C)(C)C)cc(=O)c2ccccc21. The highest BCUT2D eigenvalue weighted by Gasteiger charge is 2.17. The number of carbonyl (C=O) groups is 1. The van der Waals surface area contributed by atoms with Gasteiger partial charge in [0.1, 0.15) is 11.3 Å². The van der Waals surface area contributed by atoms with Crippen molar-refractivity contribution >= 4 is 22.7 Å². The molecule has 0 radical (unpaired) electrons. The molecule has 1 amide bonds. The fourth-order valence-electron chi connectivity index (χ4n) is 2.04. The number of nitrogens with one attached hydrogen (secondary N) is 1. The molecule has 1 aromatic carbocycles. The molecule has 0 saturated carbocycles. The highest BCUT2D eigenvalue weighted by atomic mass is 16.6. The predicted octanol–water partition coefficient (Wildman–Crippen LogP) is 2.25. The van der Waals surface area contributed by atoms with Crippen LogP contribution in [0.15, 0.2) is 39.9 Å². The number of rotatable bonds is 1. The van der Waals surface area contributed by atoms with Gasteiger partial charge in [-0.25, -0.2) is 4.79 Å². The molecule has 0 aliphatic heterocycles. The number of amides is 1. The van der Waals surface area contributed by atoms with Crippen LogP contribution < -0.4 is 16.3 Å². The molecular formula is C16H18N2O4. The zero-order valence-corrected chi connectivity index (χ0v) is 13.0. The third kappa shape index (κ3) is 3.33. The van der Waals surface area contributed by atoms with Crippen LogP contribution in [-0.2, 0) is 11.8 Å². The van der Waals surface area contributed by atoms with Crippen LogP contribution in [0.25, 0.3) is 10.9 Å². The Bertz CT molecular complexity index is 847. The number of nitrogens with zero attached hydrogens (tertiary/aromatic N) is 1. The van der Waals surface area contributed by atoms with Crippen molar-refractivity contribution in [2.45, 2.75) is 26.4 Å². The molecule has 6 nitrogen and oxygen atoms in total. The molecule has 0 unspecified atom stereocenters. The van der Waals surface area contributed by atoms with Crippen molar-refractivity contribution in [3.63, 3.8) is 0 Å². The van der Waals surface area contributed by atoms with Gasteiger partial charge in [-0.15, -0.1) is 0 Å². The van der Waals surface area contributed by atoms with Gasteiger partial charge in [-0.1, -0.05) is 12.1 Å². The monoisotopic (exact) mass is 302 g/mol. The summed E-state index contributed by atoms with van der Waals surface area (Å²) < 4.78 is 6.43. The summed E-state index contributed by atoms with van der Waals surface area (Å²) in [5.41, 5.74) is -1.15. The summed E-state index contributed by atoms with van der Waals surface area (Å²) in [6.07, 6.45) is -0.778. The van der Waals surface area contributed by atoms with E-state index in [0.717, 1.165) is 6.07 Å². The number of aryl methyl sites for hydroxylation is 1. The molecule has 0 saturated heterocycles. The lowest BCUT2D eigenvalue weighted by molar-refractivity contribution is 0.0635. The molecule has 0 aliphatic rings. The fourth-order valence-corrected chi connectivity index (χ4v) is 2.04. The molecular weight excluding hydrogens is 284 g/mol. The lowest BCUT2D eigenvalue weighted by Gasteiger charge is -2.19. The van der Waals surface area contributed by atoms with Crippen LogP contribution in [0.1, 0.15) is 20.8 Å². The van der Waals surface area contributed by atoms with Gasteiger partial charge in [-0.05, 0) is 32.9 Å². The molecule has 0 spiro atoms. The summed E-state index contributed by atoms with van der Waals surface area (Å²) in [5.74, 6) is 0. The van der Waals surface area contributed by atoms with Gasteiger partial charge >= 0.3 is 6.09 Å². The summed E-state index contributed by atoms with van der Waals surface area (Å²) >= 11 is 0. The Kier molecular flexibility index (Phi) is 4.03. The maximum absolute atomic E-state index is 12.4. The first-order chi connectivity index (χ1) is 10.2. The quantitative estimate of drug-likeness (QED) is 0.876. The van der Waals surface area contributed by atoms with E-state index in [0.29, 0.717) is 10.9 Å². The molecule has 2 aromatic rings. The largest absolute Gasteiger partial charge is 0.444 e. The summed E-state index contributed by atoms with van der Waals surface area (Å²) in [4.78, 5) is 36.4. The second kappa shape index (κ2) is 5.63. The standard InChI is InChI=1S/C16H18N2O4/c1-16(2,3)22-15(21)17-11-9-13(19)10-7-5-6-8-12(10)18(4)14(11)20/h5-9H,1-4H3,(H,17,21). The molecule has 22 heavy (non-hydrogen) atoms. The van der Waals surface area contributed by atoms with Gasteiger partial charge in [0.05, 0.1) is 5.52 Å². The number of ether oxygens (including phenoxy) is 1. The molecule has 1 heterocycles. The molecule has 6 heteroatoms. The number of carbonyl (C=O) groups excluding carboxylic acids is 1. The van der Waals surface area contributed by atoms with E-state index in [1.807, 2.05) is 0 Å². The van der Waals surface area contributed by atoms with Gasteiger partial charge in [0, 0.05) is 18.5 Å². The Morgan fingerprint density at radius 2 is 1.82 bits per heavy atom. The van der Waals surface area contributed by atoms with Crippen LogP contribution in [0, 0.1) is 0 Å². The Labute approximate surface area is 127 Å². The second-order valence-electron chi connectivity index (χ2n) is 5.93. The third-order valence-electron chi connectivity index (χ3n) is 2.98. The topological polar surface area (TPSA) is 77.4 Å². The van der Waals surface area contributed by atoms with Crippen molar-refractivity contribution in [2.24, 2.45) is 7.05 Å². The van der Waals surface area contributed by atoms with Gasteiger partial charge < -0.3 is 9.30 Å². The number of hydrogen-bond acceptors (Lipinski definition) is 4. The Hall–Kier alpha value is -2.63. The maximum atomic E-state index is 12.4. The summed E-state index contributed by atoms with van der Waals surface area (Å²) in [6, 6.07) is 7.88. The molecule has 1 aromatic heterocycles. The number of para-hydroxylation sites is 1. The van der Waals surface area contributed by atoms with Crippen molar-refractivity contribution in [1.29, 1.82) is 0 Å². The van der Waals surface area contributed by atoms with E-state index < -0.39 is 17.3 Å². The first kappa shape index (κ1) is 15.8. The van der Waals surface area contributed by atoms with Crippen molar-refractivity contribution in [3.8, 4) is 0 Å². The predicted molar refractivity (Wildman–Crippen MR) is 85.3 cm³/mol. The number of benzene rings is 1. The minimum Gasteiger partial charge on any atom is -0.444 e. The van der Waals surface area contributed by atoms with Crippen LogP contribution in [0.2, 0.25) is 0 Å². The minimum atomic E-state index is -0.778. The zero-order valence-electron chi connectivity index (χ0n) is 13.0. The lowest BCUT2D eigenvalue weighted by Crippen LogP contribution is -2.29. The van der Waals surface area contributed by atoms with Crippen LogP contribution in [0.5, 0.6) is 0 Å². The maximum Gasteiger partial charge on any atom is 0.412 e. The minimum absolute atomic E-state index is 0.113. The molecule has 2 rings (SSSR count). The van der Waals surface area contributed by atoms with Crippen molar-refractivity contribution in [3.05, 3.63) is 50.9 Å². The van der Waals surface area contributed by atoms with Crippen LogP contribution in [0.3, 0.4) is 0 Å². The second-order valence-corrected chi connectivity index (χ2v) is 5.93. The van der Waals surface area contributed by atoms with Gasteiger partial charge in [0.25, 0.3) is 5.56 Å². The molecule has 0 bridgehead atoms. The number of fused-ring (bicyclic) bond motifs is 1. The van der Waals surface area contributed by atoms with E-state index in [4.69, 9.17) is 4.74 Å². The molecule has 0 atom stereocenters. The van der Waals surface area contributed by atoms with Crippen LogP contribution in [0.4, 0.5) is 10.5 Å². The number of anilines is 1. The smallest absolute Gasteiger partial charge is 0.412 e. The van der Waals surface area contributed by atoms with Crippen molar-refractivity contribution in [2.75, 3.05) is 5.32 Å². The molecule has 0 fully saturated rings.